The second-order valence-corrected chi connectivity index (χ2v) is 7.25. The Bertz CT molecular complexity index is 570. The summed E-state index contributed by atoms with van der Waals surface area (Å²) in [6.07, 6.45) is 10.8. The van der Waals surface area contributed by atoms with Gasteiger partial charge in [0.25, 0.3) is 5.91 Å². The number of nitrogens with one attached hydrogen (secondary N) is 1. The average molecular weight is 305 g/mol. The summed E-state index contributed by atoms with van der Waals surface area (Å²) >= 11 is 1.53. The highest BCUT2D eigenvalue weighted by Gasteiger charge is 2.48. The number of carbonyl (C=O) groups is 1. The number of H-pyrrole nitrogens is 1. The van der Waals surface area contributed by atoms with Crippen molar-refractivity contribution in [2.45, 2.75) is 49.8 Å². The van der Waals surface area contributed by atoms with Gasteiger partial charge in [-0.15, -0.1) is 11.8 Å². The van der Waals surface area contributed by atoms with E-state index in [1.54, 1.807) is 18.5 Å². The molecule has 2 N–H and O–H groups in total. The van der Waals surface area contributed by atoms with Gasteiger partial charge in [-0.25, -0.2) is 0 Å². The summed E-state index contributed by atoms with van der Waals surface area (Å²) in [5.41, 5.74) is -0.416. The van der Waals surface area contributed by atoms with Crippen LogP contribution in [-0.2, 0) is 4.79 Å². The lowest BCUT2D eigenvalue weighted by atomic mass is 9.97. The van der Waals surface area contributed by atoms with Crippen molar-refractivity contribution in [3.63, 3.8) is 0 Å². The van der Waals surface area contributed by atoms with Gasteiger partial charge in [0.2, 0.25) is 0 Å². The van der Waals surface area contributed by atoms with Gasteiger partial charge in [-0.05, 0) is 38.2 Å². The summed E-state index contributed by atoms with van der Waals surface area (Å²) in [5.74, 6) is 0.308. The van der Waals surface area contributed by atoms with E-state index >= 15 is 0 Å². The number of aromatic amines is 1. The zero-order valence-electron chi connectivity index (χ0n) is 11.8. The number of aliphatic hydroxyl groups is 1. The summed E-state index contributed by atoms with van der Waals surface area (Å²) in [6, 6.07) is 0.688. The predicted octanol–water partition coefficient (Wildman–Crippen LogP) is 1.77. The lowest BCUT2D eigenvalue weighted by Gasteiger charge is -2.38. The molecule has 0 spiro atoms. The zero-order chi connectivity index (χ0) is 14.4. The normalized spacial score (nSPS) is 35.1. The molecule has 6 heteroatoms. The molecule has 3 unspecified atom stereocenters. The molecular formula is C15H19N3O2S. The minimum atomic E-state index is -1.35. The summed E-state index contributed by atoms with van der Waals surface area (Å²) in [4.78, 5) is 15.8. The van der Waals surface area contributed by atoms with Gasteiger partial charge in [-0.1, -0.05) is 0 Å². The van der Waals surface area contributed by atoms with Crippen molar-refractivity contribution in [1.82, 2.24) is 15.1 Å². The van der Waals surface area contributed by atoms with Crippen molar-refractivity contribution < 1.29 is 9.90 Å². The van der Waals surface area contributed by atoms with Crippen molar-refractivity contribution in [2.24, 2.45) is 0 Å². The molecule has 3 aliphatic heterocycles. The van der Waals surface area contributed by atoms with Crippen LogP contribution >= 0.6 is 11.8 Å². The second-order valence-electron chi connectivity index (χ2n) is 6.24. The minimum absolute atomic E-state index is 0.0966. The molecule has 4 rings (SSSR count). The third-order valence-corrected chi connectivity index (χ3v) is 6.15. The van der Waals surface area contributed by atoms with E-state index in [1.807, 2.05) is 4.90 Å². The molecule has 2 fully saturated rings. The maximum atomic E-state index is 12.9. The fraction of sp³-hybridized carbons (Fsp3) is 0.600. The molecule has 1 aromatic rings. The quantitative estimate of drug-likeness (QED) is 0.874. The van der Waals surface area contributed by atoms with Crippen LogP contribution in [0.4, 0.5) is 0 Å². The summed E-state index contributed by atoms with van der Waals surface area (Å²) in [5, 5.41) is 17.5. The second kappa shape index (κ2) is 4.88. The Hall–Kier alpha value is -1.27. The van der Waals surface area contributed by atoms with Gasteiger partial charge in [0.1, 0.15) is 0 Å². The number of aromatic nitrogens is 2. The standard InChI is InChI=1S/C15H19N3O2S/c19-14(18-11-2-1-3-12(18)5-4-11)15(20)6-13(21-9-15)10-7-16-17-8-10/h6-8,11-12,20H,1-5,9H2,(H,16,17). The number of rotatable bonds is 2. The van der Waals surface area contributed by atoms with Crippen LogP contribution in [0, 0.1) is 0 Å². The molecule has 0 saturated carbocycles. The Morgan fingerprint density at radius 2 is 2.14 bits per heavy atom. The van der Waals surface area contributed by atoms with Gasteiger partial charge in [-0.2, -0.15) is 5.10 Å². The number of hydrogen-bond donors (Lipinski definition) is 2. The number of piperidine rings is 1. The van der Waals surface area contributed by atoms with E-state index in [0.29, 0.717) is 17.8 Å². The van der Waals surface area contributed by atoms with E-state index < -0.39 is 5.60 Å². The van der Waals surface area contributed by atoms with Crippen LogP contribution in [-0.4, -0.2) is 49.5 Å². The first-order chi connectivity index (χ1) is 10.2. The maximum Gasteiger partial charge on any atom is 0.259 e. The Labute approximate surface area is 127 Å². The van der Waals surface area contributed by atoms with Gasteiger partial charge in [0, 0.05) is 34.5 Å². The predicted molar refractivity (Wildman–Crippen MR) is 81.5 cm³/mol. The van der Waals surface area contributed by atoms with Gasteiger partial charge in [0.15, 0.2) is 5.60 Å². The van der Waals surface area contributed by atoms with Crippen LogP contribution in [0.5, 0.6) is 0 Å². The number of thioether (sulfide) groups is 1. The first-order valence-electron chi connectivity index (χ1n) is 7.57. The highest BCUT2D eigenvalue weighted by molar-refractivity contribution is 8.08. The monoisotopic (exact) mass is 305 g/mol. The molecule has 1 amide bonds. The van der Waals surface area contributed by atoms with Crippen LogP contribution in [0.15, 0.2) is 18.5 Å². The topological polar surface area (TPSA) is 69.2 Å². The molecule has 0 aliphatic carbocycles. The zero-order valence-corrected chi connectivity index (χ0v) is 12.6. The van der Waals surface area contributed by atoms with Gasteiger partial charge >= 0.3 is 0 Å². The highest BCUT2D eigenvalue weighted by Crippen LogP contribution is 2.43. The van der Waals surface area contributed by atoms with Crippen molar-refractivity contribution >= 4 is 22.6 Å². The van der Waals surface area contributed by atoms with Crippen molar-refractivity contribution in [3.8, 4) is 0 Å². The lowest BCUT2D eigenvalue weighted by Crippen LogP contribution is -2.54. The van der Waals surface area contributed by atoms with Crippen molar-refractivity contribution in [2.75, 3.05) is 5.75 Å². The molecule has 112 valence electrons. The smallest absolute Gasteiger partial charge is 0.259 e. The van der Waals surface area contributed by atoms with Crippen LogP contribution in [0.2, 0.25) is 0 Å². The number of nitrogens with zero attached hydrogens (tertiary/aromatic N) is 2. The Morgan fingerprint density at radius 3 is 2.81 bits per heavy atom. The highest BCUT2D eigenvalue weighted by atomic mass is 32.2. The molecule has 1 aromatic heterocycles. The van der Waals surface area contributed by atoms with Gasteiger partial charge < -0.3 is 10.0 Å². The molecule has 3 aliphatic rings. The minimum Gasteiger partial charge on any atom is -0.375 e. The number of carbonyl (C=O) groups excluding carboxylic acids is 1. The summed E-state index contributed by atoms with van der Waals surface area (Å²) in [7, 11) is 0. The van der Waals surface area contributed by atoms with E-state index in [2.05, 4.69) is 10.2 Å². The first kappa shape index (κ1) is 13.4. The van der Waals surface area contributed by atoms with E-state index in [4.69, 9.17) is 0 Å². The van der Waals surface area contributed by atoms with Gasteiger partial charge in [-0.3, -0.25) is 9.89 Å². The van der Waals surface area contributed by atoms with Crippen molar-refractivity contribution in [1.29, 1.82) is 0 Å². The molecule has 2 saturated heterocycles. The molecule has 4 heterocycles. The number of hydrogen-bond acceptors (Lipinski definition) is 4. The third kappa shape index (κ3) is 2.12. The number of amides is 1. The Kier molecular flexibility index (Phi) is 3.11. The van der Waals surface area contributed by atoms with Crippen LogP contribution in [0.1, 0.15) is 37.7 Å². The third-order valence-electron chi connectivity index (χ3n) is 4.90. The molecule has 0 radical (unpaired) electrons. The number of fused-ring (bicyclic) bond motifs is 2. The fourth-order valence-electron chi connectivity index (χ4n) is 3.84. The average Bonchev–Trinajstić information content (AvgIpc) is 3.18. The lowest BCUT2D eigenvalue weighted by molar-refractivity contribution is -0.149. The Morgan fingerprint density at radius 1 is 1.38 bits per heavy atom. The summed E-state index contributed by atoms with van der Waals surface area (Å²) in [6.45, 7) is 0. The van der Waals surface area contributed by atoms with Crippen LogP contribution < -0.4 is 0 Å². The molecule has 3 atom stereocenters. The van der Waals surface area contributed by atoms with Crippen LogP contribution in [0.3, 0.4) is 0 Å². The van der Waals surface area contributed by atoms with Crippen molar-refractivity contribution in [3.05, 3.63) is 24.0 Å². The molecule has 5 nitrogen and oxygen atoms in total. The van der Waals surface area contributed by atoms with Crippen LogP contribution in [0.25, 0.3) is 4.91 Å². The van der Waals surface area contributed by atoms with E-state index in [-0.39, 0.29) is 5.91 Å². The molecule has 0 aromatic carbocycles. The first-order valence-corrected chi connectivity index (χ1v) is 8.56. The largest absolute Gasteiger partial charge is 0.375 e. The molecular weight excluding hydrogens is 286 g/mol. The van der Waals surface area contributed by atoms with E-state index in [9.17, 15) is 9.90 Å². The van der Waals surface area contributed by atoms with Gasteiger partial charge in [0.05, 0.1) is 6.20 Å². The summed E-state index contributed by atoms with van der Waals surface area (Å²) < 4.78 is 0. The SMILES string of the molecule is O=C(N1C2CCCC1CC2)C1(O)C=C(c2cn[nH]c2)SC1. The van der Waals surface area contributed by atoms with E-state index in [1.165, 1.54) is 18.2 Å². The molecule has 21 heavy (non-hydrogen) atoms. The molecule has 2 bridgehead atoms. The van der Waals surface area contributed by atoms with E-state index in [0.717, 1.165) is 36.2 Å². The Balaban J connectivity index is 1.60. The fourth-order valence-corrected chi connectivity index (χ4v) is 4.97. The maximum absolute atomic E-state index is 12.9.